The van der Waals surface area contributed by atoms with Crippen LogP contribution in [0.4, 0.5) is 13.2 Å². The lowest BCUT2D eigenvalue weighted by Gasteiger charge is -2.46. The lowest BCUT2D eigenvalue weighted by molar-refractivity contribution is -0.232. The molecular formula is C15H16F3NO. The summed E-state index contributed by atoms with van der Waals surface area (Å²) in [4.78, 5) is 13.2. The van der Waals surface area contributed by atoms with Gasteiger partial charge in [0.25, 0.3) is 0 Å². The van der Waals surface area contributed by atoms with Crippen LogP contribution in [0.15, 0.2) is 30.3 Å². The van der Waals surface area contributed by atoms with Gasteiger partial charge in [-0.15, -0.1) is 0 Å². The summed E-state index contributed by atoms with van der Waals surface area (Å²) in [6.07, 6.45) is -3.71. The fourth-order valence-corrected chi connectivity index (χ4v) is 3.63. The molecule has 5 heteroatoms. The fourth-order valence-electron chi connectivity index (χ4n) is 3.63. The van der Waals surface area contributed by atoms with Gasteiger partial charge in [-0.3, -0.25) is 4.79 Å². The zero-order valence-electron chi connectivity index (χ0n) is 11.0. The molecule has 0 saturated carbocycles. The Balaban J connectivity index is 1.98. The van der Waals surface area contributed by atoms with Crippen molar-refractivity contribution in [3.05, 3.63) is 35.9 Å². The quantitative estimate of drug-likeness (QED) is 0.772. The first-order valence-corrected chi connectivity index (χ1v) is 6.86. The van der Waals surface area contributed by atoms with Crippen molar-refractivity contribution in [3.63, 3.8) is 0 Å². The first kappa shape index (κ1) is 13.5. The maximum atomic E-state index is 13.6. The van der Waals surface area contributed by atoms with Gasteiger partial charge in [-0.25, -0.2) is 0 Å². The third-order valence-corrected chi connectivity index (χ3v) is 4.59. The molecule has 0 spiro atoms. The van der Waals surface area contributed by atoms with E-state index < -0.39 is 11.7 Å². The molecule has 2 heterocycles. The molecule has 2 aliphatic heterocycles. The Bertz CT molecular complexity index is 514. The van der Waals surface area contributed by atoms with E-state index in [9.17, 15) is 18.0 Å². The first-order chi connectivity index (χ1) is 9.44. The molecule has 0 unspecified atom stereocenters. The molecular weight excluding hydrogens is 267 g/mol. The van der Waals surface area contributed by atoms with Gasteiger partial charge in [0.1, 0.15) is 5.54 Å². The molecule has 0 aromatic heterocycles. The Morgan fingerprint density at radius 1 is 1.20 bits per heavy atom. The van der Waals surface area contributed by atoms with Crippen molar-refractivity contribution < 1.29 is 18.0 Å². The van der Waals surface area contributed by atoms with Gasteiger partial charge in [-0.2, -0.15) is 13.2 Å². The highest BCUT2D eigenvalue weighted by molar-refractivity contribution is 5.80. The number of benzene rings is 1. The van der Waals surface area contributed by atoms with Crippen LogP contribution in [0.2, 0.25) is 0 Å². The van der Waals surface area contributed by atoms with Crippen molar-refractivity contribution in [1.29, 1.82) is 0 Å². The summed E-state index contributed by atoms with van der Waals surface area (Å²) in [5, 5.41) is 0. The highest BCUT2D eigenvalue weighted by Gasteiger charge is 2.64. The number of carbonyl (C=O) groups is 1. The summed E-state index contributed by atoms with van der Waals surface area (Å²) in [5.74, 6) is -0.695. The molecule has 0 bridgehead atoms. The third-order valence-electron chi connectivity index (χ3n) is 4.59. The molecule has 2 atom stereocenters. The van der Waals surface area contributed by atoms with E-state index in [0.717, 1.165) is 10.5 Å². The fraction of sp³-hybridized carbons (Fsp3) is 0.533. The van der Waals surface area contributed by atoms with Crippen LogP contribution in [-0.2, 0) is 4.79 Å². The van der Waals surface area contributed by atoms with Crippen LogP contribution in [0.1, 0.15) is 37.2 Å². The Kier molecular flexibility index (Phi) is 3.03. The molecule has 1 amide bonds. The minimum Gasteiger partial charge on any atom is -0.328 e. The van der Waals surface area contributed by atoms with Crippen LogP contribution >= 0.6 is 0 Å². The predicted molar refractivity (Wildman–Crippen MR) is 68.2 cm³/mol. The van der Waals surface area contributed by atoms with Gasteiger partial charge in [-0.05, 0) is 30.7 Å². The molecule has 1 aromatic rings. The average molecular weight is 283 g/mol. The van der Waals surface area contributed by atoms with E-state index in [1.165, 1.54) is 0 Å². The smallest absolute Gasteiger partial charge is 0.328 e. The van der Waals surface area contributed by atoms with Crippen LogP contribution in [0.5, 0.6) is 0 Å². The Morgan fingerprint density at radius 2 is 1.90 bits per heavy atom. The zero-order chi connectivity index (χ0) is 14.4. The number of nitrogens with zero attached hydrogens (tertiary/aromatic N) is 1. The summed E-state index contributed by atoms with van der Waals surface area (Å²) in [6.45, 7) is 0.236. The highest BCUT2D eigenvalue weighted by atomic mass is 19.4. The van der Waals surface area contributed by atoms with Crippen molar-refractivity contribution in [2.45, 2.75) is 43.3 Å². The third kappa shape index (κ3) is 1.91. The van der Waals surface area contributed by atoms with Crippen molar-refractivity contribution >= 4 is 5.91 Å². The van der Waals surface area contributed by atoms with E-state index in [1.54, 1.807) is 12.1 Å². The Morgan fingerprint density at radius 3 is 2.55 bits per heavy atom. The lowest BCUT2D eigenvalue weighted by Crippen LogP contribution is -2.60. The van der Waals surface area contributed by atoms with Gasteiger partial charge >= 0.3 is 6.18 Å². The van der Waals surface area contributed by atoms with Crippen LogP contribution in [0.3, 0.4) is 0 Å². The molecule has 2 saturated heterocycles. The average Bonchev–Trinajstić information content (AvgIpc) is 2.85. The summed E-state index contributed by atoms with van der Waals surface area (Å²) in [6, 6.07) is 9.07. The molecule has 108 valence electrons. The van der Waals surface area contributed by atoms with Crippen LogP contribution in [0.25, 0.3) is 0 Å². The highest BCUT2D eigenvalue weighted by Crippen LogP contribution is 2.52. The molecule has 20 heavy (non-hydrogen) atoms. The van der Waals surface area contributed by atoms with Crippen LogP contribution < -0.4 is 0 Å². The largest absolute Gasteiger partial charge is 0.411 e. The molecule has 2 nitrogen and oxygen atoms in total. The number of amides is 1. The molecule has 0 radical (unpaired) electrons. The van der Waals surface area contributed by atoms with E-state index in [-0.39, 0.29) is 37.6 Å². The normalized spacial score (nSPS) is 30.4. The minimum atomic E-state index is -4.35. The molecule has 0 N–H and O–H groups in total. The maximum Gasteiger partial charge on any atom is 0.411 e. The van der Waals surface area contributed by atoms with Crippen LogP contribution in [-0.4, -0.2) is 29.1 Å². The Hall–Kier alpha value is -1.52. The van der Waals surface area contributed by atoms with Gasteiger partial charge in [0.05, 0.1) is 0 Å². The number of alkyl halides is 3. The van der Waals surface area contributed by atoms with Crippen molar-refractivity contribution in [3.8, 4) is 0 Å². The van der Waals surface area contributed by atoms with Gasteiger partial charge in [-0.1, -0.05) is 30.3 Å². The topological polar surface area (TPSA) is 20.3 Å². The maximum absolute atomic E-state index is 13.6. The summed E-state index contributed by atoms with van der Waals surface area (Å²) < 4.78 is 40.7. The van der Waals surface area contributed by atoms with Gasteiger partial charge < -0.3 is 4.90 Å². The number of piperidine rings is 1. The second kappa shape index (κ2) is 4.50. The number of hydrogen-bond donors (Lipinski definition) is 0. The SMILES string of the molecule is O=C1C[C@H](c2ccccc2)C[C@]2(C(F)(F)F)CCCN12. The van der Waals surface area contributed by atoms with E-state index in [0.29, 0.717) is 6.42 Å². The van der Waals surface area contributed by atoms with Crippen molar-refractivity contribution in [2.75, 3.05) is 6.54 Å². The molecule has 2 aliphatic rings. The van der Waals surface area contributed by atoms with E-state index in [4.69, 9.17) is 0 Å². The molecule has 1 aromatic carbocycles. The summed E-state index contributed by atoms with van der Waals surface area (Å²) in [7, 11) is 0. The number of rotatable bonds is 1. The van der Waals surface area contributed by atoms with Gasteiger partial charge in [0, 0.05) is 13.0 Å². The molecule has 3 rings (SSSR count). The minimum absolute atomic E-state index is 0.00769. The number of hydrogen-bond acceptors (Lipinski definition) is 1. The Labute approximate surface area is 115 Å². The van der Waals surface area contributed by atoms with E-state index >= 15 is 0 Å². The van der Waals surface area contributed by atoms with Gasteiger partial charge in [0.15, 0.2) is 0 Å². The lowest BCUT2D eigenvalue weighted by atomic mass is 9.76. The molecule has 2 fully saturated rings. The summed E-state index contributed by atoms with van der Waals surface area (Å²) in [5.41, 5.74) is -1.11. The van der Waals surface area contributed by atoms with E-state index in [1.807, 2.05) is 18.2 Å². The number of fused-ring (bicyclic) bond motifs is 1. The summed E-state index contributed by atoms with van der Waals surface area (Å²) >= 11 is 0. The monoisotopic (exact) mass is 283 g/mol. The number of carbonyl (C=O) groups excluding carboxylic acids is 1. The predicted octanol–water partition coefficient (Wildman–Crippen LogP) is 3.49. The zero-order valence-corrected chi connectivity index (χ0v) is 11.0. The van der Waals surface area contributed by atoms with Crippen molar-refractivity contribution in [2.24, 2.45) is 0 Å². The standard InChI is InChI=1S/C15H16F3NO/c16-15(17,18)14-7-4-8-19(14)13(20)9-12(10-14)11-5-2-1-3-6-11/h1-3,5-6,12H,4,7-10H2/t12-,14-/m0/s1. The first-order valence-electron chi connectivity index (χ1n) is 6.86. The molecule has 0 aliphatic carbocycles. The number of halogens is 3. The second-order valence-electron chi connectivity index (χ2n) is 5.69. The second-order valence-corrected chi connectivity index (χ2v) is 5.69. The van der Waals surface area contributed by atoms with Crippen LogP contribution in [0, 0.1) is 0 Å². The van der Waals surface area contributed by atoms with Gasteiger partial charge in [0.2, 0.25) is 5.91 Å². The van der Waals surface area contributed by atoms with Crippen molar-refractivity contribution in [1.82, 2.24) is 4.90 Å². The van der Waals surface area contributed by atoms with E-state index in [2.05, 4.69) is 0 Å².